The summed E-state index contributed by atoms with van der Waals surface area (Å²) < 4.78 is 0. The summed E-state index contributed by atoms with van der Waals surface area (Å²) in [5, 5.41) is 3.31. The number of benzene rings is 1. The van der Waals surface area contributed by atoms with Gasteiger partial charge in [-0.1, -0.05) is 13.0 Å². The van der Waals surface area contributed by atoms with E-state index in [0.717, 1.165) is 25.1 Å². The van der Waals surface area contributed by atoms with Crippen LogP contribution in [0.3, 0.4) is 0 Å². The number of rotatable bonds is 1. The second-order valence-electron chi connectivity index (χ2n) is 3.24. The fraction of sp³-hybridized carbons (Fsp3) is 0.400. The van der Waals surface area contributed by atoms with E-state index in [-0.39, 0.29) is 0 Å². The summed E-state index contributed by atoms with van der Waals surface area (Å²) in [6, 6.07) is 4.28. The molecule has 1 aromatic rings. The van der Waals surface area contributed by atoms with Gasteiger partial charge in [-0.25, -0.2) is 0 Å². The van der Waals surface area contributed by atoms with Crippen LogP contribution in [-0.4, -0.2) is 6.54 Å². The van der Waals surface area contributed by atoms with Crippen LogP contribution in [0.2, 0.25) is 0 Å². The van der Waals surface area contributed by atoms with Crippen LogP contribution in [0.1, 0.15) is 18.1 Å². The summed E-state index contributed by atoms with van der Waals surface area (Å²) in [6.07, 6.45) is 2.17. The lowest BCUT2D eigenvalue weighted by Crippen LogP contribution is -1.95. The van der Waals surface area contributed by atoms with Crippen LogP contribution in [0.25, 0.3) is 0 Å². The minimum Gasteiger partial charge on any atom is -0.398 e. The van der Waals surface area contributed by atoms with Crippen molar-refractivity contribution in [2.24, 2.45) is 0 Å². The van der Waals surface area contributed by atoms with Crippen molar-refractivity contribution in [2.45, 2.75) is 19.8 Å². The van der Waals surface area contributed by atoms with E-state index in [9.17, 15) is 0 Å². The Morgan fingerprint density at radius 2 is 2.33 bits per heavy atom. The van der Waals surface area contributed by atoms with Crippen LogP contribution < -0.4 is 11.1 Å². The molecule has 0 bridgehead atoms. The Hall–Kier alpha value is -1.18. The Morgan fingerprint density at radius 1 is 1.50 bits per heavy atom. The first-order chi connectivity index (χ1) is 5.81. The zero-order valence-corrected chi connectivity index (χ0v) is 7.35. The molecule has 0 atom stereocenters. The van der Waals surface area contributed by atoms with Crippen molar-refractivity contribution in [3.63, 3.8) is 0 Å². The molecule has 2 heteroatoms. The Kier molecular flexibility index (Phi) is 1.68. The smallest absolute Gasteiger partial charge is 0.0394 e. The van der Waals surface area contributed by atoms with Crippen molar-refractivity contribution < 1.29 is 0 Å². The van der Waals surface area contributed by atoms with Crippen LogP contribution in [0.5, 0.6) is 0 Å². The molecule has 0 saturated carbocycles. The second-order valence-corrected chi connectivity index (χ2v) is 3.24. The number of hydrogen-bond acceptors (Lipinski definition) is 2. The number of fused-ring (bicyclic) bond motifs is 1. The standard InChI is InChI=1S/C10H14N2/c1-2-7-5-8-3-4-12-10(8)6-9(7)11/h5-6,12H,2-4,11H2,1H3. The molecule has 1 heterocycles. The van der Waals surface area contributed by atoms with E-state index in [0.29, 0.717) is 0 Å². The van der Waals surface area contributed by atoms with Gasteiger partial charge in [0.2, 0.25) is 0 Å². The Bertz CT molecular complexity index is 304. The lowest BCUT2D eigenvalue weighted by Gasteiger charge is -2.06. The van der Waals surface area contributed by atoms with Crippen molar-refractivity contribution >= 4 is 11.4 Å². The maximum Gasteiger partial charge on any atom is 0.0394 e. The van der Waals surface area contributed by atoms with Gasteiger partial charge in [0.1, 0.15) is 0 Å². The molecule has 2 nitrogen and oxygen atoms in total. The quantitative estimate of drug-likeness (QED) is 0.618. The number of nitrogen functional groups attached to an aromatic ring is 1. The van der Waals surface area contributed by atoms with Crippen LogP contribution in [0.15, 0.2) is 12.1 Å². The third kappa shape index (κ3) is 1.04. The highest BCUT2D eigenvalue weighted by Gasteiger charge is 2.11. The van der Waals surface area contributed by atoms with Gasteiger partial charge in [0.05, 0.1) is 0 Å². The molecule has 64 valence electrons. The summed E-state index contributed by atoms with van der Waals surface area (Å²) >= 11 is 0. The molecular formula is C10H14N2. The Balaban J connectivity index is 2.49. The second kappa shape index (κ2) is 2.70. The molecular weight excluding hydrogens is 148 g/mol. The highest BCUT2D eigenvalue weighted by Crippen LogP contribution is 2.27. The molecule has 0 unspecified atom stereocenters. The van der Waals surface area contributed by atoms with E-state index in [2.05, 4.69) is 24.4 Å². The highest BCUT2D eigenvalue weighted by molar-refractivity contribution is 5.65. The fourth-order valence-electron chi connectivity index (χ4n) is 1.72. The normalized spacial score (nSPS) is 14.1. The number of aryl methyl sites for hydroxylation is 1. The van der Waals surface area contributed by atoms with Gasteiger partial charge >= 0.3 is 0 Å². The molecule has 0 fully saturated rings. The molecule has 1 aliphatic rings. The summed E-state index contributed by atoms with van der Waals surface area (Å²) in [6.45, 7) is 3.20. The molecule has 0 spiro atoms. The van der Waals surface area contributed by atoms with Gasteiger partial charge in [-0.15, -0.1) is 0 Å². The summed E-state index contributed by atoms with van der Waals surface area (Å²) in [5.74, 6) is 0. The molecule has 2 rings (SSSR count). The monoisotopic (exact) mass is 162 g/mol. The van der Waals surface area contributed by atoms with Crippen molar-refractivity contribution in [2.75, 3.05) is 17.6 Å². The van der Waals surface area contributed by atoms with Crippen molar-refractivity contribution in [1.29, 1.82) is 0 Å². The van der Waals surface area contributed by atoms with Crippen molar-refractivity contribution in [3.8, 4) is 0 Å². The minimum absolute atomic E-state index is 0.922. The summed E-state index contributed by atoms with van der Waals surface area (Å²) in [7, 11) is 0. The summed E-state index contributed by atoms with van der Waals surface area (Å²) in [5.41, 5.74) is 10.7. The number of nitrogens with two attached hydrogens (primary N) is 1. The first-order valence-electron chi connectivity index (χ1n) is 4.46. The lowest BCUT2D eigenvalue weighted by molar-refractivity contribution is 1.09. The third-order valence-electron chi connectivity index (χ3n) is 2.46. The molecule has 1 aliphatic heterocycles. The molecule has 0 aromatic heterocycles. The van der Waals surface area contributed by atoms with E-state index in [4.69, 9.17) is 5.73 Å². The minimum atomic E-state index is 0.922. The van der Waals surface area contributed by atoms with Gasteiger partial charge in [0, 0.05) is 17.9 Å². The van der Waals surface area contributed by atoms with Gasteiger partial charge in [-0.05, 0) is 30.0 Å². The first kappa shape index (κ1) is 7.47. The molecule has 0 aliphatic carbocycles. The SMILES string of the molecule is CCc1cc2c(cc1N)NCC2. The predicted molar refractivity (Wildman–Crippen MR) is 52.4 cm³/mol. The predicted octanol–water partition coefficient (Wildman–Crippen LogP) is 1.80. The van der Waals surface area contributed by atoms with Gasteiger partial charge in [-0.3, -0.25) is 0 Å². The van der Waals surface area contributed by atoms with Gasteiger partial charge in [0.15, 0.2) is 0 Å². The molecule has 3 N–H and O–H groups in total. The van der Waals surface area contributed by atoms with Crippen LogP contribution in [0.4, 0.5) is 11.4 Å². The average Bonchev–Trinajstić information content (AvgIpc) is 2.49. The summed E-state index contributed by atoms with van der Waals surface area (Å²) in [4.78, 5) is 0. The zero-order valence-electron chi connectivity index (χ0n) is 7.35. The van der Waals surface area contributed by atoms with E-state index < -0.39 is 0 Å². The van der Waals surface area contributed by atoms with Crippen LogP contribution in [0, 0.1) is 0 Å². The van der Waals surface area contributed by atoms with E-state index >= 15 is 0 Å². The van der Waals surface area contributed by atoms with Gasteiger partial charge < -0.3 is 11.1 Å². The molecule has 0 saturated heterocycles. The fourth-order valence-corrected chi connectivity index (χ4v) is 1.72. The number of hydrogen-bond donors (Lipinski definition) is 2. The average molecular weight is 162 g/mol. The molecule has 0 amide bonds. The maximum absolute atomic E-state index is 5.86. The van der Waals surface area contributed by atoms with Crippen LogP contribution in [-0.2, 0) is 12.8 Å². The van der Waals surface area contributed by atoms with E-state index in [1.54, 1.807) is 0 Å². The largest absolute Gasteiger partial charge is 0.398 e. The number of nitrogens with one attached hydrogen (secondary N) is 1. The first-order valence-corrected chi connectivity index (χ1v) is 4.46. The molecule has 1 aromatic carbocycles. The van der Waals surface area contributed by atoms with Gasteiger partial charge in [-0.2, -0.15) is 0 Å². The van der Waals surface area contributed by atoms with E-state index in [1.165, 1.54) is 16.8 Å². The lowest BCUT2D eigenvalue weighted by atomic mass is 10.0. The topological polar surface area (TPSA) is 38.0 Å². The zero-order chi connectivity index (χ0) is 8.55. The Labute approximate surface area is 72.8 Å². The highest BCUT2D eigenvalue weighted by atomic mass is 14.9. The third-order valence-corrected chi connectivity index (χ3v) is 2.46. The Morgan fingerprint density at radius 3 is 3.08 bits per heavy atom. The van der Waals surface area contributed by atoms with Gasteiger partial charge in [0.25, 0.3) is 0 Å². The number of anilines is 2. The van der Waals surface area contributed by atoms with Crippen molar-refractivity contribution in [1.82, 2.24) is 0 Å². The van der Waals surface area contributed by atoms with Crippen molar-refractivity contribution in [3.05, 3.63) is 23.3 Å². The van der Waals surface area contributed by atoms with E-state index in [1.807, 2.05) is 0 Å². The molecule has 0 radical (unpaired) electrons. The maximum atomic E-state index is 5.86. The molecule has 12 heavy (non-hydrogen) atoms. The van der Waals surface area contributed by atoms with Crippen LogP contribution >= 0.6 is 0 Å².